The summed E-state index contributed by atoms with van der Waals surface area (Å²) in [6.45, 7) is 15.7. The number of carbonyl (C=O) groups excluding carboxylic acids is 1. The molecule has 1 aliphatic heterocycles. The Morgan fingerprint density at radius 1 is 1.10 bits per heavy atom. The SMILES string of the molecule is C=C(COC1=CC=C(c2ccc(/C=C3/C=CC(C4=CC=CC4C)C3)n2CC)CC1)NCCCCCN1C(=C)CCC1=O. The van der Waals surface area contributed by atoms with Crippen molar-refractivity contribution in [1.82, 2.24) is 14.8 Å². The Labute approximate surface area is 252 Å². The molecule has 5 nitrogen and oxygen atoms in total. The molecule has 5 rings (SSSR count). The number of unbranched alkanes of at least 4 members (excludes halogenated alkanes) is 2. The van der Waals surface area contributed by atoms with Crippen LogP contribution in [0, 0.1) is 11.8 Å². The smallest absolute Gasteiger partial charge is 0.227 e. The van der Waals surface area contributed by atoms with Crippen LogP contribution in [-0.2, 0) is 16.1 Å². The van der Waals surface area contributed by atoms with Crippen LogP contribution in [0.5, 0.6) is 0 Å². The summed E-state index contributed by atoms with van der Waals surface area (Å²) in [5, 5.41) is 3.39. The van der Waals surface area contributed by atoms with Gasteiger partial charge in [0.1, 0.15) is 6.61 Å². The largest absolute Gasteiger partial charge is 0.492 e. The number of amides is 1. The molecular weight excluding hydrogens is 518 g/mol. The van der Waals surface area contributed by atoms with Crippen molar-refractivity contribution in [3.05, 3.63) is 108 Å². The molecule has 1 fully saturated rings. The second-order valence-electron chi connectivity index (χ2n) is 11.9. The summed E-state index contributed by atoms with van der Waals surface area (Å²) in [5.41, 5.74) is 8.77. The van der Waals surface area contributed by atoms with Crippen molar-refractivity contribution in [2.24, 2.45) is 11.8 Å². The third-order valence-corrected chi connectivity index (χ3v) is 8.92. The van der Waals surface area contributed by atoms with E-state index in [1.54, 1.807) is 0 Å². The molecule has 0 saturated carbocycles. The first kappa shape index (κ1) is 29.8. The number of carbonyl (C=O) groups is 1. The third-order valence-electron chi connectivity index (χ3n) is 8.92. The van der Waals surface area contributed by atoms with Gasteiger partial charge in [-0.15, -0.1) is 0 Å². The number of hydrogen-bond acceptors (Lipinski definition) is 3. The Morgan fingerprint density at radius 3 is 2.69 bits per heavy atom. The fourth-order valence-corrected chi connectivity index (χ4v) is 6.46. The highest BCUT2D eigenvalue weighted by Crippen LogP contribution is 2.37. The molecule has 0 radical (unpaired) electrons. The van der Waals surface area contributed by atoms with Crippen molar-refractivity contribution in [2.75, 3.05) is 19.7 Å². The molecule has 0 aromatic carbocycles. The lowest BCUT2D eigenvalue weighted by molar-refractivity contribution is -0.126. The van der Waals surface area contributed by atoms with E-state index in [0.717, 1.165) is 81.7 Å². The maximum atomic E-state index is 11.8. The van der Waals surface area contributed by atoms with E-state index in [2.05, 4.69) is 97.6 Å². The second kappa shape index (κ2) is 14.0. The fourth-order valence-electron chi connectivity index (χ4n) is 6.46. The van der Waals surface area contributed by atoms with Crippen LogP contribution < -0.4 is 5.32 Å². The van der Waals surface area contributed by atoms with Gasteiger partial charge >= 0.3 is 0 Å². The molecule has 2 heterocycles. The molecule has 42 heavy (non-hydrogen) atoms. The average molecular weight is 566 g/mol. The zero-order valence-corrected chi connectivity index (χ0v) is 25.5. The van der Waals surface area contributed by atoms with E-state index in [4.69, 9.17) is 4.74 Å². The molecule has 3 aliphatic carbocycles. The van der Waals surface area contributed by atoms with Crippen LogP contribution in [0.3, 0.4) is 0 Å². The van der Waals surface area contributed by atoms with E-state index in [-0.39, 0.29) is 5.91 Å². The summed E-state index contributed by atoms with van der Waals surface area (Å²) < 4.78 is 8.51. The molecular formula is C37H47N3O2. The molecule has 2 unspecified atom stereocenters. The lowest BCUT2D eigenvalue weighted by Crippen LogP contribution is -2.24. The highest BCUT2D eigenvalue weighted by Gasteiger charge is 2.24. The monoisotopic (exact) mass is 565 g/mol. The van der Waals surface area contributed by atoms with Crippen molar-refractivity contribution in [2.45, 2.75) is 71.8 Å². The molecule has 1 amide bonds. The fraction of sp³-hybridized carbons (Fsp3) is 0.432. The minimum absolute atomic E-state index is 0.222. The van der Waals surface area contributed by atoms with Crippen molar-refractivity contribution in [1.29, 1.82) is 0 Å². The number of hydrogen-bond donors (Lipinski definition) is 1. The van der Waals surface area contributed by atoms with Crippen molar-refractivity contribution in [3.63, 3.8) is 0 Å². The highest BCUT2D eigenvalue weighted by molar-refractivity contribution is 5.81. The minimum Gasteiger partial charge on any atom is -0.492 e. The quantitative estimate of drug-likeness (QED) is 0.232. The maximum absolute atomic E-state index is 11.8. The van der Waals surface area contributed by atoms with Gasteiger partial charge in [-0.3, -0.25) is 4.79 Å². The molecule has 0 bridgehead atoms. The normalized spacial score (nSPS) is 22.7. The number of rotatable bonds is 14. The first-order chi connectivity index (χ1) is 20.4. The van der Waals surface area contributed by atoms with Gasteiger partial charge in [0.2, 0.25) is 5.91 Å². The molecule has 2 atom stereocenters. The van der Waals surface area contributed by atoms with Gasteiger partial charge in [0.15, 0.2) is 0 Å². The minimum atomic E-state index is 0.222. The second-order valence-corrected chi connectivity index (χ2v) is 11.9. The molecule has 1 N–H and O–H groups in total. The third kappa shape index (κ3) is 7.18. The molecule has 4 aliphatic rings. The van der Waals surface area contributed by atoms with Gasteiger partial charge in [0.25, 0.3) is 0 Å². The zero-order valence-electron chi connectivity index (χ0n) is 25.5. The van der Waals surface area contributed by atoms with Gasteiger partial charge in [-0.25, -0.2) is 0 Å². The van der Waals surface area contributed by atoms with Gasteiger partial charge in [-0.1, -0.05) is 62.1 Å². The molecule has 222 valence electrons. The number of ether oxygens (including phenoxy) is 1. The number of nitrogens with one attached hydrogen (secondary N) is 1. The van der Waals surface area contributed by atoms with E-state index in [9.17, 15) is 4.79 Å². The Hall–Kier alpha value is -3.73. The summed E-state index contributed by atoms with van der Waals surface area (Å²) in [7, 11) is 0. The topological polar surface area (TPSA) is 46.5 Å². The average Bonchev–Trinajstić information content (AvgIpc) is 3.79. The number of allylic oxidation sites excluding steroid dienone is 12. The Kier molecular flexibility index (Phi) is 9.89. The van der Waals surface area contributed by atoms with E-state index >= 15 is 0 Å². The summed E-state index contributed by atoms with van der Waals surface area (Å²) in [4.78, 5) is 13.7. The number of nitrogens with zero attached hydrogens (tertiary/aromatic N) is 2. The predicted octanol–water partition coefficient (Wildman–Crippen LogP) is 8.09. The zero-order chi connectivity index (χ0) is 29.5. The van der Waals surface area contributed by atoms with Crippen LogP contribution in [0.15, 0.2) is 96.1 Å². The highest BCUT2D eigenvalue weighted by atomic mass is 16.5. The van der Waals surface area contributed by atoms with Crippen LogP contribution in [0.1, 0.15) is 76.6 Å². The van der Waals surface area contributed by atoms with Gasteiger partial charge in [-0.2, -0.15) is 0 Å². The van der Waals surface area contributed by atoms with E-state index in [0.29, 0.717) is 24.9 Å². The molecule has 5 heteroatoms. The standard InChI is InChI=1S/C37H47N3O2/c1-5-39-33(25-30-13-14-32(24-30)35-11-9-10-27(35)2)17-20-36(39)31-15-18-34(19-16-31)42-26-28(3)38-22-7-6-8-23-40-29(4)12-21-37(40)41/h9-11,13-15,17-18,20,25,27,32,38H,3-8,12,16,19,21-24,26H2,1-2H3/b30-25-. The summed E-state index contributed by atoms with van der Waals surface area (Å²) in [6, 6.07) is 4.54. The van der Waals surface area contributed by atoms with Crippen molar-refractivity contribution < 1.29 is 9.53 Å². The van der Waals surface area contributed by atoms with Crippen molar-refractivity contribution in [3.8, 4) is 0 Å². The molecule has 1 saturated heterocycles. The van der Waals surface area contributed by atoms with E-state index in [1.807, 2.05) is 4.90 Å². The van der Waals surface area contributed by atoms with Gasteiger partial charge in [0, 0.05) is 61.2 Å². The predicted molar refractivity (Wildman–Crippen MR) is 174 cm³/mol. The Morgan fingerprint density at radius 2 is 1.98 bits per heavy atom. The van der Waals surface area contributed by atoms with Gasteiger partial charge < -0.3 is 19.5 Å². The van der Waals surface area contributed by atoms with E-state index < -0.39 is 0 Å². The summed E-state index contributed by atoms with van der Waals surface area (Å²) in [5.74, 6) is 2.32. The number of likely N-dealkylation sites (tertiary alicyclic amines) is 1. The molecule has 1 aromatic rings. The van der Waals surface area contributed by atoms with Crippen LogP contribution >= 0.6 is 0 Å². The van der Waals surface area contributed by atoms with Crippen LogP contribution in [0.2, 0.25) is 0 Å². The van der Waals surface area contributed by atoms with Gasteiger partial charge in [-0.05, 0) is 86.8 Å². The Bertz CT molecular complexity index is 1360. The van der Waals surface area contributed by atoms with Gasteiger partial charge in [0.05, 0.1) is 5.76 Å². The maximum Gasteiger partial charge on any atom is 0.227 e. The molecule has 1 aromatic heterocycles. The van der Waals surface area contributed by atoms with Crippen LogP contribution in [-0.4, -0.2) is 35.1 Å². The van der Waals surface area contributed by atoms with E-state index in [1.165, 1.54) is 28.1 Å². The summed E-state index contributed by atoms with van der Waals surface area (Å²) >= 11 is 0. The van der Waals surface area contributed by atoms with Crippen LogP contribution in [0.4, 0.5) is 0 Å². The van der Waals surface area contributed by atoms with Crippen LogP contribution in [0.25, 0.3) is 11.6 Å². The van der Waals surface area contributed by atoms with Crippen molar-refractivity contribution >= 4 is 17.6 Å². The number of aromatic nitrogens is 1. The summed E-state index contributed by atoms with van der Waals surface area (Å²) in [6.07, 6.45) is 25.7. The lowest BCUT2D eigenvalue weighted by Gasteiger charge is -2.19. The lowest BCUT2D eigenvalue weighted by atomic mass is 9.90. The Balaban J connectivity index is 1.05. The first-order valence-electron chi connectivity index (χ1n) is 15.8. The molecule has 0 spiro atoms. The first-order valence-corrected chi connectivity index (χ1v) is 15.8.